The van der Waals surface area contributed by atoms with Crippen molar-refractivity contribution in [2.45, 2.75) is 12.1 Å². The van der Waals surface area contributed by atoms with Gasteiger partial charge in [0.25, 0.3) is 11.6 Å². The van der Waals surface area contributed by atoms with E-state index in [2.05, 4.69) is 5.43 Å². The molecule has 0 bridgehead atoms. The number of non-ortho nitro benzene ring substituents is 1. The molecular formula is C21H17N3O4. The Bertz CT molecular complexity index is 1040. The summed E-state index contributed by atoms with van der Waals surface area (Å²) in [6, 6.07) is 22.0. The highest BCUT2D eigenvalue weighted by Crippen LogP contribution is 2.39. The van der Waals surface area contributed by atoms with Crippen LogP contribution in [0.25, 0.3) is 0 Å². The van der Waals surface area contributed by atoms with Crippen molar-refractivity contribution < 1.29 is 14.8 Å². The van der Waals surface area contributed by atoms with Crippen molar-refractivity contribution in [3.05, 3.63) is 106 Å². The molecule has 0 aromatic heterocycles. The van der Waals surface area contributed by atoms with Crippen LogP contribution in [0.3, 0.4) is 0 Å². The fourth-order valence-electron chi connectivity index (χ4n) is 3.41. The lowest BCUT2D eigenvalue weighted by Crippen LogP contribution is -2.48. The minimum atomic E-state index is -1.60. The number of rotatable bonds is 5. The van der Waals surface area contributed by atoms with Crippen LogP contribution in [0.1, 0.15) is 21.5 Å². The van der Waals surface area contributed by atoms with Crippen LogP contribution in [0, 0.1) is 10.1 Å². The Balaban J connectivity index is 1.71. The molecule has 1 unspecified atom stereocenters. The third kappa shape index (κ3) is 2.97. The Morgan fingerprint density at radius 3 is 2.29 bits per heavy atom. The Labute approximate surface area is 161 Å². The number of nitro benzene ring substituents is 1. The lowest BCUT2D eigenvalue weighted by Gasteiger charge is -2.35. The van der Waals surface area contributed by atoms with Crippen LogP contribution in [0.2, 0.25) is 0 Å². The SMILES string of the molecule is O=C1c2ccccc2C(O)(Cc2ccccc2)N1Nc1ccc([N+](=O)[O-])cc1. The van der Waals surface area contributed by atoms with Gasteiger partial charge in [-0.15, -0.1) is 0 Å². The van der Waals surface area contributed by atoms with Gasteiger partial charge in [0, 0.05) is 29.7 Å². The molecule has 0 fully saturated rings. The van der Waals surface area contributed by atoms with Gasteiger partial charge in [-0.05, 0) is 23.8 Å². The summed E-state index contributed by atoms with van der Waals surface area (Å²) in [7, 11) is 0. The van der Waals surface area contributed by atoms with Crippen molar-refractivity contribution in [2.75, 3.05) is 5.43 Å². The lowest BCUT2D eigenvalue weighted by molar-refractivity contribution is -0.384. The third-order valence-electron chi connectivity index (χ3n) is 4.77. The first-order valence-electron chi connectivity index (χ1n) is 8.70. The van der Waals surface area contributed by atoms with Crippen molar-refractivity contribution in [3.8, 4) is 0 Å². The summed E-state index contributed by atoms with van der Waals surface area (Å²) >= 11 is 0. The van der Waals surface area contributed by atoms with Crippen LogP contribution in [-0.4, -0.2) is 20.9 Å². The predicted octanol–water partition coefficient (Wildman–Crippen LogP) is 3.47. The summed E-state index contributed by atoms with van der Waals surface area (Å²) < 4.78 is 0. The molecule has 3 aromatic carbocycles. The Morgan fingerprint density at radius 2 is 1.61 bits per heavy atom. The summed E-state index contributed by atoms with van der Waals surface area (Å²) in [5.41, 5.74) is 3.52. The summed E-state index contributed by atoms with van der Waals surface area (Å²) in [5, 5.41) is 23.6. The molecule has 4 rings (SSSR count). The van der Waals surface area contributed by atoms with Crippen LogP contribution >= 0.6 is 0 Å². The van der Waals surface area contributed by atoms with E-state index in [9.17, 15) is 20.0 Å². The lowest BCUT2D eigenvalue weighted by atomic mass is 9.95. The number of carbonyl (C=O) groups is 1. The molecule has 0 saturated heterocycles. The first-order valence-corrected chi connectivity index (χ1v) is 8.70. The summed E-state index contributed by atoms with van der Waals surface area (Å²) in [5.74, 6) is -0.368. The minimum Gasteiger partial charge on any atom is -0.365 e. The quantitative estimate of drug-likeness (QED) is 0.526. The molecule has 1 aliphatic rings. The molecule has 0 saturated carbocycles. The number of nitrogens with zero attached hydrogens (tertiary/aromatic N) is 2. The van der Waals surface area contributed by atoms with E-state index in [1.54, 1.807) is 24.3 Å². The van der Waals surface area contributed by atoms with Crippen molar-refractivity contribution in [1.29, 1.82) is 0 Å². The van der Waals surface area contributed by atoms with E-state index >= 15 is 0 Å². The highest BCUT2D eigenvalue weighted by atomic mass is 16.6. The number of benzene rings is 3. The van der Waals surface area contributed by atoms with E-state index in [1.165, 1.54) is 29.3 Å². The topological polar surface area (TPSA) is 95.7 Å². The fraction of sp³-hybridized carbons (Fsp3) is 0.0952. The van der Waals surface area contributed by atoms with Crippen molar-refractivity contribution in [3.63, 3.8) is 0 Å². The minimum absolute atomic E-state index is 0.0545. The van der Waals surface area contributed by atoms with E-state index in [1.807, 2.05) is 30.3 Å². The molecule has 3 aromatic rings. The molecule has 0 radical (unpaired) electrons. The molecule has 1 atom stereocenters. The van der Waals surface area contributed by atoms with Gasteiger partial charge in [-0.25, -0.2) is 5.01 Å². The summed E-state index contributed by atoms with van der Waals surface area (Å²) in [4.78, 5) is 23.3. The monoisotopic (exact) mass is 375 g/mol. The van der Waals surface area contributed by atoms with Crippen molar-refractivity contribution in [2.24, 2.45) is 0 Å². The zero-order valence-electron chi connectivity index (χ0n) is 14.8. The zero-order valence-corrected chi connectivity index (χ0v) is 14.8. The maximum atomic E-state index is 13.0. The Kier molecular flexibility index (Phi) is 4.29. The molecular weight excluding hydrogens is 358 g/mol. The highest BCUT2D eigenvalue weighted by molar-refractivity contribution is 6.00. The molecule has 140 valence electrons. The van der Waals surface area contributed by atoms with E-state index in [4.69, 9.17) is 0 Å². The number of nitrogens with one attached hydrogen (secondary N) is 1. The van der Waals surface area contributed by atoms with Gasteiger partial charge in [0.05, 0.1) is 10.6 Å². The molecule has 1 amide bonds. The number of amides is 1. The average molecular weight is 375 g/mol. The number of hydrogen-bond acceptors (Lipinski definition) is 5. The van der Waals surface area contributed by atoms with Gasteiger partial charge in [-0.3, -0.25) is 20.3 Å². The Hall–Kier alpha value is -3.71. The van der Waals surface area contributed by atoms with Gasteiger partial charge < -0.3 is 5.11 Å². The summed E-state index contributed by atoms with van der Waals surface area (Å²) in [6.07, 6.45) is 0.191. The number of hydrogen-bond donors (Lipinski definition) is 2. The van der Waals surface area contributed by atoms with Gasteiger partial charge in [-0.2, -0.15) is 0 Å². The zero-order chi connectivity index (χ0) is 19.7. The number of fused-ring (bicyclic) bond motifs is 1. The smallest absolute Gasteiger partial charge is 0.275 e. The Morgan fingerprint density at radius 1 is 0.964 bits per heavy atom. The first-order chi connectivity index (χ1) is 13.5. The maximum absolute atomic E-state index is 13.0. The number of anilines is 1. The van der Waals surface area contributed by atoms with E-state index in [0.717, 1.165) is 5.56 Å². The maximum Gasteiger partial charge on any atom is 0.275 e. The second kappa shape index (κ2) is 6.79. The molecule has 7 heteroatoms. The standard InChI is InChI=1S/C21H17N3O4/c25-20-18-8-4-5-9-19(18)21(26,14-15-6-2-1-3-7-15)23(20)22-16-10-12-17(13-11-16)24(27)28/h1-13,22,26H,14H2. The molecule has 1 heterocycles. The molecule has 7 nitrogen and oxygen atoms in total. The average Bonchev–Trinajstić information content (AvgIpc) is 2.91. The molecule has 0 spiro atoms. The van der Waals surface area contributed by atoms with Crippen LogP contribution in [-0.2, 0) is 12.1 Å². The number of aliphatic hydroxyl groups is 1. The van der Waals surface area contributed by atoms with Crippen molar-refractivity contribution in [1.82, 2.24) is 5.01 Å². The molecule has 0 aliphatic carbocycles. The molecule has 1 aliphatic heterocycles. The molecule has 2 N–H and O–H groups in total. The molecule has 28 heavy (non-hydrogen) atoms. The van der Waals surface area contributed by atoms with Gasteiger partial charge in [-0.1, -0.05) is 48.5 Å². The number of carbonyl (C=O) groups excluding carboxylic acids is 1. The summed E-state index contributed by atoms with van der Waals surface area (Å²) in [6.45, 7) is 0. The van der Waals surface area contributed by atoms with Crippen molar-refractivity contribution >= 4 is 17.3 Å². The number of hydrazine groups is 1. The van der Waals surface area contributed by atoms with E-state index in [-0.39, 0.29) is 18.0 Å². The normalized spacial score (nSPS) is 18.0. The van der Waals surface area contributed by atoms with Crippen LogP contribution < -0.4 is 5.43 Å². The highest BCUT2D eigenvalue weighted by Gasteiger charge is 2.49. The fourth-order valence-corrected chi connectivity index (χ4v) is 3.41. The van der Waals surface area contributed by atoms with Gasteiger partial charge in [0.2, 0.25) is 0 Å². The number of nitro groups is 1. The second-order valence-corrected chi connectivity index (χ2v) is 6.58. The first kappa shape index (κ1) is 17.7. The van der Waals surface area contributed by atoms with Gasteiger partial charge in [0.1, 0.15) is 0 Å². The largest absolute Gasteiger partial charge is 0.365 e. The van der Waals surface area contributed by atoms with E-state index in [0.29, 0.717) is 16.8 Å². The van der Waals surface area contributed by atoms with E-state index < -0.39 is 10.6 Å². The predicted molar refractivity (Wildman–Crippen MR) is 103 cm³/mol. The van der Waals surface area contributed by atoms with Crippen LogP contribution in [0.4, 0.5) is 11.4 Å². The second-order valence-electron chi connectivity index (χ2n) is 6.58. The third-order valence-corrected chi connectivity index (χ3v) is 4.77. The van der Waals surface area contributed by atoms with Crippen LogP contribution in [0.5, 0.6) is 0 Å². The van der Waals surface area contributed by atoms with Gasteiger partial charge in [0.15, 0.2) is 5.72 Å². The van der Waals surface area contributed by atoms with Gasteiger partial charge >= 0.3 is 0 Å². The van der Waals surface area contributed by atoms with Crippen LogP contribution in [0.15, 0.2) is 78.9 Å².